The predicted octanol–water partition coefficient (Wildman–Crippen LogP) is 2.50. The van der Waals surface area contributed by atoms with E-state index in [0.29, 0.717) is 11.5 Å². The molecule has 0 heterocycles. The summed E-state index contributed by atoms with van der Waals surface area (Å²) in [6, 6.07) is 6.56. The van der Waals surface area contributed by atoms with Crippen LogP contribution in [0.2, 0.25) is 0 Å². The molecule has 0 aliphatic heterocycles. The van der Waals surface area contributed by atoms with E-state index in [1.54, 1.807) is 31.4 Å². The Bertz CT molecular complexity index is 564. The summed E-state index contributed by atoms with van der Waals surface area (Å²) in [5.74, 6) is 0.682. The molecule has 0 unspecified atom stereocenters. The molecule has 2 rings (SSSR count). The molecule has 0 aromatic heterocycles. The fourth-order valence-corrected chi connectivity index (χ4v) is 2.81. The molecule has 1 fully saturated rings. The SMILES string of the molecule is COc1ccc(OC(=O)NNC(=O)C2C(C)(C)C2(C)C)cc1. The zero-order chi connectivity index (χ0) is 16.5. The number of hydrogen-bond acceptors (Lipinski definition) is 4. The summed E-state index contributed by atoms with van der Waals surface area (Å²) in [6.07, 6.45) is -0.741. The summed E-state index contributed by atoms with van der Waals surface area (Å²) < 4.78 is 10.1. The van der Waals surface area contributed by atoms with Crippen molar-refractivity contribution in [2.75, 3.05) is 7.11 Å². The third kappa shape index (κ3) is 2.86. The highest BCUT2D eigenvalue weighted by Gasteiger charge is 2.68. The molecule has 2 amide bonds. The van der Waals surface area contributed by atoms with Crippen LogP contribution < -0.4 is 20.3 Å². The average molecular weight is 306 g/mol. The van der Waals surface area contributed by atoms with Crippen molar-refractivity contribution in [1.29, 1.82) is 0 Å². The monoisotopic (exact) mass is 306 g/mol. The van der Waals surface area contributed by atoms with Crippen LogP contribution in [0.15, 0.2) is 24.3 Å². The van der Waals surface area contributed by atoms with Crippen LogP contribution in [0.3, 0.4) is 0 Å². The lowest BCUT2D eigenvalue weighted by Crippen LogP contribution is -2.44. The average Bonchev–Trinajstić information content (AvgIpc) is 2.87. The van der Waals surface area contributed by atoms with Gasteiger partial charge < -0.3 is 9.47 Å². The van der Waals surface area contributed by atoms with Crippen LogP contribution in [0.25, 0.3) is 0 Å². The smallest absolute Gasteiger partial charge is 0.431 e. The van der Waals surface area contributed by atoms with Gasteiger partial charge in [0.2, 0.25) is 5.91 Å². The van der Waals surface area contributed by atoms with Gasteiger partial charge in [-0.2, -0.15) is 0 Å². The first kappa shape index (κ1) is 16.1. The van der Waals surface area contributed by atoms with E-state index in [9.17, 15) is 9.59 Å². The van der Waals surface area contributed by atoms with E-state index < -0.39 is 6.09 Å². The topological polar surface area (TPSA) is 76.7 Å². The van der Waals surface area contributed by atoms with E-state index in [1.807, 2.05) is 27.7 Å². The molecule has 1 aromatic carbocycles. The minimum atomic E-state index is -0.741. The lowest BCUT2D eigenvalue weighted by Gasteiger charge is -2.09. The van der Waals surface area contributed by atoms with E-state index in [4.69, 9.17) is 9.47 Å². The van der Waals surface area contributed by atoms with Gasteiger partial charge >= 0.3 is 6.09 Å². The molecule has 1 saturated carbocycles. The van der Waals surface area contributed by atoms with E-state index >= 15 is 0 Å². The van der Waals surface area contributed by atoms with Crippen molar-refractivity contribution in [2.45, 2.75) is 27.7 Å². The molecule has 22 heavy (non-hydrogen) atoms. The van der Waals surface area contributed by atoms with Crippen LogP contribution >= 0.6 is 0 Å². The first-order valence-electron chi connectivity index (χ1n) is 7.12. The lowest BCUT2D eigenvalue weighted by atomic mass is 10.0. The van der Waals surface area contributed by atoms with Gasteiger partial charge in [0.1, 0.15) is 11.5 Å². The van der Waals surface area contributed by atoms with Crippen LogP contribution in [0.5, 0.6) is 11.5 Å². The number of carbonyl (C=O) groups excluding carboxylic acids is 2. The number of hydrazine groups is 1. The maximum Gasteiger partial charge on any atom is 0.431 e. The summed E-state index contributed by atoms with van der Waals surface area (Å²) in [5.41, 5.74) is 4.51. The molecular formula is C16H22N2O4. The van der Waals surface area contributed by atoms with E-state index in [2.05, 4.69) is 10.9 Å². The number of methoxy groups -OCH3 is 1. The fourth-order valence-electron chi connectivity index (χ4n) is 2.81. The number of amides is 2. The quantitative estimate of drug-likeness (QED) is 0.841. The van der Waals surface area contributed by atoms with Gasteiger partial charge in [0.05, 0.1) is 13.0 Å². The van der Waals surface area contributed by atoms with Crippen LogP contribution in [0.1, 0.15) is 27.7 Å². The number of carbonyl (C=O) groups is 2. The number of nitrogens with one attached hydrogen (secondary N) is 2. The van der Waals surface area contributed by atoms with Crippen LogP contribution in [0.4, 0.5) is 4.79 Å². The highest BCUT2D eigenvalue weighted by atomic mass is 16.6. The summed E-state index contributed by atoms with van der Waals surface area (Å²) >= 11 is 0. The number of rotatable bonds is 3. The Morgan fingerprint density at radius 3 is 1.91 bits per heavy atom. The van der Waals surface area contributed by atoms with Crippen molar-refractivity contribution in [3.05, 3.63) is 24.3 Å². The van der Waals surface area contributed by atoms with Crippen LogP contribution in [-0.4, -0.2) is 19.1 Å². The number of ether oxygens (including phenoxy) is 2. The summed E-state index contributed by atoms with van der Waals surface area (Å²) in [7, 11) is 1.55. The second-order valence-electron chi connectivity index (χ2n) is 6.56. The molecule has 1 aliphatic carbocycles. The molecular weight excluding hydrogens is 284 g/mol. The Morgan fingerprint density at radius 2 is 1.45 bits per heavy atom. The minimum absolute atomic E-state index is 0.0847. The first-order valence-corrected chi connectivity index (χ1v) is 7.12. The minimum Gasteiger partial charge on any atom is -0.497 e. The number of benzene rings is 1. The second-order valence-corrected chi connectivity index (χ2v) is 6.56. The Hall–Kier alpha value is -2.24. The van der Waals surface area contributed by atoms with Crippen molar-refractivity contribution < 1.29 is 19.1 Å². The Balaban J connectivity index is 1.82. The second kappa shape index (κ2) is 5.51. The van der Waals surface area contributed by atoms with Crippen molar-refractivity contribution in [1.82, 2.24) is 10.9 Å². The Kier molecular flexibility index (Phi) is 4.04. The van der Waals surface area contributed by atoms with E-state index in [-0.39, 0.29) is 22.7 Å². The van der Waals surface area contributed by atoms with Gasteiger partial charge in [0.25, 0.3) is 0 Å². The molecule has 2 N–H and O–H groups in total. The van der Waals surface area contributed by atoms with Crippen LogP contribution in [0, 0.1) is 16.7 Å². The lowest BCUT2D eigenvalue weighted by molar-refractivity contribution is -0.124. The molecule has 120 valence electrons. The van der Waals surface area contributed by atoms with Crippen molar-refractivity contribution in [2.24, 2.45) is 16.7 Å². The first-order chi connectivity index (χ1) is 10.2. The van der Waals surface area contributed by atoms with E-state index in [1.165, 1.54) is 0 Å². The predicted molar refractivity (Wildman–Crippen MR) is 81.3 cm³/mol. The fraction of sp³-hybridized carbons (Fsp3) is 0.500. The third-order valence-electron chi connectivity index (χ3n) is 4.84. The maximum atomic E-state index is 12.1. The summed E-state index contributed by atoms with van der Waals surface area (Å²) in [5, 5.41) is 0. The van der Waals surface area contributed by atoms with Gasteiger partial charge in [-0.3, -0.25) is 10.2 Å². The Labute approximate surface area is 130 Å². The molecule has 0 atom stereocenters. The molecule has 0 spiro atoms. The molecule has 0 bridgehead atoms. The molecule has 0 radical (unpaired) electrons. The van der Waals surface area contributed by atoms with Gasteiger partial charge in [-0.25, -0.2) is 10.2 Å². The van der Waals surface area contributed by atoms with Crippen molar-refractivity contribution in [3.63, 3.8) is 0 Å². The standard InChI is InChI=1S/C16H22N2O4/c1-15(2)12(16(15,3)4)13(19)17-18-14(20)22-11-8-6-10(21-5)7-9-11/h6-9,12H,1-5H3,(H,17,19)(H,18,20). The van der Waals surface area contributed by atoms with Gasteiger partial charge in [-0.15, -0.1) is 0 Å². The van der Waals surface area contributed by atoms with E-state index in [0.717, 1.165) is 0 Å². The van der Waals surface area contributed by atoms with Crippen molar-refractivity contribution in [3.8, 4) is 11.5 Å². The Morgan fingerprint density at radius 1 is 0.955 bits per heavy atom. The normalized spacial score (nSPS) is 18.2. The van der Waals surface area contributed by atoms with Crippen molar-refractivity contribution >= 4 is 12.0 Å². The molecule has 1 aromatic rings. The summed E-state index contributed by atoms with van der Waals surface area (Å²) in [6.45, 7) is 8.14. The molecule has 0 saturated heterocycles. The van der Waals surface area contributed by atoms with Gasteiger partial charge in [-0.1, -0.05) is 27.7 Å². The summed E-state index contributed by atoms with van der Waals surface area (Å²) in [4.78, 5) is 23.7. The van der Waals surface area contributed by atoms with Crippen LogP contribution in [-0.2, 0) is 4.79 Å². The molecule has 6 nitrogen and oxygen atoms in total. The zero-order valence-corrected chi connectivity index (χ0v) is 13.5. The highest BCUT2D eigenvalue weighted by molar-refractivity contribution is 5.85. The number of hydrogen-bond donors (Lipinski definition) is 2. The maximum absolute atomic E-state index is 12.1. The third-order valence-corrected chi connectivity index (χ3v) is 4.84. The van der Waals surface area contributed by atoms with Gasteiger partial charge in [0.15, 0.2) is 0 Å². The van der Waals surface area contributed by atoms with Gasteiger partial charge in [-0.05, 0) is 35.1 Å². The molecule has 1 aliphatic rings. The zero-order valence-electron chi connectivity index (χ0n) is 13.5. The van der Waals surface area contributed by atoms with Gasteiger partial charge in [0, 0.05) is 0 Å². The highest BCUT2D eigenvalue weighted by Crippen LogP contribution is 2.68. The largest absolute Gasteiger partial charge is 0.497 e. The molecule has 6 heteroatoms.